The molecule has 94 valence electrons. The van der Waals surface area contributed by atoms with Gasteiger partial charge in [0.2, 0.25) is 0 Å². The molecule has 18 heavy (non-hydrogen) atoms. The van der Waals surface area contributed by atoms with E-state index in [1.54, 1.807) is 6.20 Å². The standard InChI is InChI=1S/C14H18N4/c1-11-15-9-8-13(17-11)10-16-12-4-6-14(7-5-12)18(2)3/h4-9,16H,10H2,1-3H3. The minimum Gasteiger partial charge on any atom is -0.379 e. The van der Waals surface area contributed by atoms with Gasteiger partial charge in [-0.1, -0.05) is 0 Å². The van der Waals surface area contributed by atoms with Gasteiger partial charge in [0.15, 0.2) is 0 Å². The van der Waals surface area contributed by atoms with Gasteiger partial charge in [0.25, 0.3) is 0 Å². The third-order valence-electron chi connectivity index (χ3n) is 2.69. The van der Waals surface area contributed by atoms with Gasteiger partial charge in [0.05, 0.1) is 12.2 Å². The van der Waals surface area contributed by atoms with Crippen molar-refractivity contribution in [1.82, 2.24) is 9.97 Å². The average molecular weight is 242 g/mol. The van der Waals surface area contributed by atoms with Crippen LogP contribution in [0.2, 0.25) is 0 Å². The molecule has 1 N–H and O–H groups in total. The van der Waals surface area contributed by atoms with Gasteiger partial charge in [0.1, 0.15) is 5.82 Å². The summed E-state index contributed by atoms with van der Waals surface area (Å²) >= 11 is 0. The van der Waals surface area contributed by atoms with E-state index in [9.17, 15) is 0 Å². The van der Waals surface area contributed by atoms with Crippen LogP contribution in [0.5, 0.6) is 0 Å². The van der Waals surface area contributed by atoms with E-state index in [-0.39, 0.29) is 0 Å². The van der Waals surface area contributed by atoms with Crippen molar-refractivity contribution in [3.8, 4) is 0 Å². The Hall–Kier alpha value is -2.10. The Balaban J connectivity index is 1.98. The van der Waals surface area contributed by atoms with E-state index in [1.165, 1.54) is 5.69 Å². The quantitative estimate of drug-likeness (QED) is 0.894. The summed E-state index contributed by atoms with van der Waals surface area (Å²) in [6, 6.07) is 10.3. The maximum Gasteiger partial charge on any atom is 0.125 e. The molecule has 4 heteroatoms. The van der Waals surface area contributed by atoms with Crippen molar-refractivity contribution in [1.29, 1.82) is 0 Å². The second-order valence-corrected chi connectivity index (χ2v) is 4.39. The van der Waals surface area contributed by atoms with E-state index in [0.29, 0.717) is 6.54 Å². The highest BCUT2D eigenvalue weighted by Crippen LogP contribution is 2.16. The van der Waals surface area contributed by atoms with Crippen molar-refractivity contribution in [2.24, 2.45) is 0 Å². The third kappa shape index (κ3) is 3.20. The van der Waals surface area contributed by atoms with Crippen molar-refractivity contribution < 1.29 is 0 Å². The molecule has 0 saturated heterocycles. The Kier molecular flexibility index (Phi) is 3.77. The summed E-state index contributed by atoms with van der Waals surface area (Å²) < 4.78 is 0. The van der Waals surface area contributed by atoms with Gasteiger partial charge in [-0.25, -0.2) is 9.97 Å². The highest BCUT2D eigenvalue weighted by molar-refractivity contribution is 5.54. The van der Waals surface area contributed by atoms with E-state index in [4.69, 9.17) is 0 Å². The second kappa shape index (κ2) is 5.49. The summed E-state index contributed by atoms with van der Waals surface area (Å²) in [5.41, 5.74) is 3.29. The summed E-state index contributed by atoms with van der Waals surface area (Å²) in [5, 5.41) is 3.35. The van der Waals surface area contributed by atoms with Crippen LogP contribution >= 0.6 is 0 Å². The number of nitrogens with zero attached hydrogens (tertiary/aromatic N) is 3. The Morgan fingerprint density at radius 3 is 2.44 bits per heavy atom. The van der Waals surface area contributed by atoms with Crippen LogP contribution in [0.4, 0.5) is 11.4 Å². The Bertz CT molecular complexity index is 505. The fraction of sp³-hybridized carbons (Fsp3) is 0.286. The fourth-order valence-electron chi connectivity index (χ4n) is 1.67. The van der Waals surface area contributed by atoms with E-state index >= 15 is 0 Å². The van der Waals surface area contributed by atoms with Crippen LogP contribution < -0.4 is 10.2 Å². The predicted octanol–water partition coefficient (Wildman–Crippen LogP) is 2.46. The van der Waals surface area contributed by atoms with Crippen molar-refractivity contribution in [2.75, 3.05) is 24.3 Å². The van der Waals surface area contributed by atoms with E-state index in [1.807, 2.05) is 27.1 Å². The van der Waals surface area contributed by atoms with Gasteiger partial charge in [-0.3, -0.25) is 0 Å². The SMILES string of the molecule is Cc1nccc(CNc2ccc(N(C)C)cc2)n1. The van der Waals surface area contributed by atoms with Gasteiger partial charge in [-0.2, -0.15) is 0 Å². The summed E-state index contributed by atoms with van der Waals surface area (Å²) in [5.74, 6) is 0.803. The lowest BCUT2D eigenvalue weighted by Gasteiger charge is -2.13. The van der Waals surface area contributed by atoms with E-state index in [2.05, 4.69) is 44.5 Å². The van der Waals surface area contributed by atoms with Crippen molar-refractivity contribution in [2.45, 2.75) is 13.5 Å². The van der Waals surface area contributed by atoms with Crippen molar-refractivity contribution in [3.05, 3.63) is 48.0 Å². The molecule has 0 bridgehead atoms. The van der Waals surface area contributed by atoms with Gasteiger partial charge < -0.3 is 10.2 Å². The summed E-state index contributed by atoms with van der Waals surface area (Å²) in [6.45, 7) is 2.61. The number of rotatable bonds is 4. The van der Waals surface area contributed by atoms with Crippen molar-refractivity contribution >= 4 is 11.4 Å². The molecular weight excluding hydrogens is 224 g/mol. The molecule has 0 amide bonds. The first-order valence-corrected chi connectivity index (χ1v) is 5.95. The van der Waals surface area contributed by atoms with Crippen LogP contribution in [0.3, 0.4) is 0 Å². The molecule has 0 unspecified atom stereocenters. The zero-order valence-corrected chi connectivity index (χ0v) is 11.0. The van der Waals surface area contributed by atoms with Gasteiger partial charge >= 0.3 is 0 Å². The number of nitrogens with one attached hydrogen (secondary N) is 1. The largest absolute Gasteiger partial charge is 0.379 e. The summed E-state index contributed by atoms with van der Waals surface area (Å²) in [7, 11) is 4.07. The van der Waals surface area contributed by atoms with E-state index in [0.717, 1.165) is 17.2 Å². The minimum atomic E-state index is 0.713. The number of aromatic nitrogens is 2. The number of benzene rings is 1. The van der Waals surface area contributed by atoms with Crippen LogP contribution in [-0.2, 0) is 6.54 Å². The first-order valence-electron chi connectivity index (χ1n) is 5.95. The van der Waals surface area contributed by atoms with E-state index < -0.39 is 0 Å². The number of aryl methyl sites for hydroxylation is 1. The molecule has 0 atom stereocenters. The average Bonchev–Trinajstić information content (AvgIpc) is 2.37. The molecule has 2 rings (SSSR count). The van der Waals surface area contributed by atoms with Crippen LogP contribution in [0.1, 0.15) is 11.5 Å². The van der Waals surface area contributed by atoms with Crippen LogP contribution in [0.15, 0.2) is 36.5 Å². The monoisotopic (exact) mass is 242 g/mol. The van der Waals surface area contributed by atoms with Crippen LogP contribution in [-0.4, -0.2) is 24.1 Å². The topological polar surface area (TPSA) is 41.1 Å². The molecule has 1 aromatic carbocycles. The first kappa shape index (κ1) is 12.4. The highest BCUT2D eigenvalue weighted by Gasteiger charge is 1.98. The summed E-state index contributed by atoms with van der Waals surface area (Å²) in [6.07, 6.45) is 1.79. The maximum absolute atomic E-state index is 4.35. The molecule has 0 saturated carbocycles. The molecule has 0 aliphatic rings. The van der Waals surface area contributed by atoms with Gasteiger partial charge in [-0.05, 0) is 37.3 Å². The molecular formula is C14H18N4. The van der Waals surface area contributed by atoms with Gasteiger partial charge in [0, 0.05) is 31.7 Å². The second-order valence-electron chi connectivity index (χ2n) is 4.39. The number of hydrogen-bond acceptors (Lipinski definition) is 4. The molecule has 0 spiro atoms. The molecule has 4 nitrogen and oxygen atoms in total. The first-order chi connectivity index (χ1) is 8.65. The molecule has 1 aromatic heterocycles. The van der Waals surface area contributed by atoms with Crippen LogP contribution in [0, 0.1) is 6.92 Å². The number of anilines is 2. The maximum atomic E-state index is 4.35. The normalized spacial score (nSPS) is 10.2. The molecule has 0 fully saturated rings. The predicted molar refractivity (Wildman–Crippen MR) is 74.9 cm³/mol. The Morgan fingerprint density at radius 2 is 1.83 bits per heavy atom. The lowest BCUT2D eigenvalue weighted by Crippen LogP contribution is -2.08. The molecule has 0 aliphatic carbocycles. The van der Waals surface area contributed by atoms with Crippen LogP contribution in [0.25, 0.3) is 0 Å². The fourth-order valence-corrected chi connectivity index (χ4v) is 1.67. The Labute approximate surface area is 108 Å². The Morgan fingerprint density at radius 1 is 1.11 bits per heavy atom. The third-order valence-corrected chi connectivity index (χ3v) is 2.69. The lowest BCUT2D eigenvalue weighted by atomic mass is 10.2. The zero-order chi connectivity index (χ0) is 13.0. The van der Waals surface area contributed by atoms with Crippen molar-refractivity contribution in [3.63, 3.8) is 0 Å². The number of hydrogen-bond donors (Lipinski definition) is 1. The molecule has 0 aliphatic heterocycles. The lowest BCUT2D eigenvalue weighted by molar-refractivity contribution is 0.955. The minimum absolute atomic E-state index is 0.713. The molecule has 1 heterocycles. The molecule has 2 aromatic rings. The molecule has 0 radical (unpaired) electrons. The summed E-state index contributed by atoms with van der Waals surface area (Å²) in [4.78, 5) is 10.5. The smallest absolute Gasteiger partial charge is 0.125 e. The highest BCUT2D eigenvalue weighted by atomic mass is 15.1. The zero-order valence-electron chi connectivity index (χ0n) is 11.0. The van der Waals surface area contributed by atoms with Gasteiger partial charge in [-0.15, -0.1) is 0 Å².